The Morgan fingerprint density at radius 3 is 2.20 bits per heavy atom. The van der Waals surface area contributed by atoms with Crippen LogP contribution in [-0.2, 0) is 10.9 Å². The van der Waals surface area contributed by atoms with Crippen LogP contribution in [0.3, 0.4) is 0 Å². The van der Waals surface area contributed by atoms with Crippen molar-refractivity contribution < 1.29 is 27.5 Å². The van der Waals surface area contributed by atoms with E-state index in [2.05, 4.69) is 0 Å². The molecule has 176 valence electrons. The number of ketones is 1. The van der Waals surface area contributed by atoms with Gasteiger partial charge in [-0.05, 0) is 31.2 Å². The molecule has 0 aliphatic carbocycles. The lowest BCUT2D eigenvalue weighted by molar-refractivity contribution is -0.137. The molecule has 0 atom stereocenters. The number of hydrogen-bond donors (Lipinski definition) is 1. The number of esters is 1. The molecule has 2 N–H and O–H groups in total. The van der Waals surface area contributed by atoms with Gasteiger partial charge in [0.1, 0.15) is 0 Å². The molecule has 35 heavy (non-hydrogen) atoms. The Labute approximate surface area is 195 Å². The Morgan fingerprint density at radius 1 is 0.943 bits per heavy atom. The Balaban J connectivity index is 1.86. The fourth-order valence-corrected chi connectivity index (χ4v) is 4.49. The Kier molecular flexibility index (Phi) is 5.01. The third kappa shape index (κ3) is 3.30. The fraction of sp³-hybridized carbons (Fsp3) is 0.115. The number of benzene rings is 3. The van der Waals surface area contributed by atoms with Crippen LogP contribution < -0.4 is 11.3 Å². The number of hydrogen-bond acceptors (Lipinski definition) is 5. The molecule has 2 heterocycles. The number of carbonyl (C=O) groups is 2. The molecule has 0 aliphatic heterocycles. The average Bonchev–Trinajstić information content (AvgIpc) is 2.83. The number of aromatic nitrogens is 1. The molecule has 0 amide bonds. The molecule has 6 nitrogen and oxygen atoms in total. The van der Waals surface area contributed by atoms with Gasteiger partial charge in [-0.3, -0.25) is 14.0 Å². The molecule has 0 unspecified atom stereocenters. The van der Waals surface area contributed by atoms with Crippen LogP contribution in [0.5, 0.6) is 0 Å². The number of carbonyl (C=O) groups excluding carboxylic acids is 2. The van der Waals surface area contributed by atoms with E-state index in [0.29, 0.717) is 21.7 Å². The highest BCUT2D eigenvalue weighted by atomic mass is 19.4. The number of nitrogen functional groups attached to an aromatic ring is 1. The topological polar surface area (TPSA) is 90.9 Å². The van der Waals surface area contributed by atoms with E-state index in [9.17, 15) is 27.6 Å². The summed E-state index contributed by atoms with van der Waals surface area (Å²) >= 11 is 0. The number of alkyl halides is 3. The SMILES string of the molecule is CCOC(=O)c1c(N)c2cccn3c(=O)c(C(=O)c4ccc(C(F)(F)F)cc4)c4cccc1c4c23. The maximum atomic E-state index is 13.5. The van der Waals surface area contributed by atoms with Crippen LogP contribution in [0.25, 0.3) is 27.1 Å². The second kappa shape index (κ2) is 7.83. The third-order valence-corrected chi connectivity index (χ3v) is 6.01. The molecule has 0 radical (unpaired) electrons. The van der Waals surface area contributed by atoms with Crippen molar-refractivity contribution in [1.82, 2.24) is 4.40 Å². The van der Waals surface area contributed by atoms with Crippen molar-refractivity contribution in [3.63, 3.8) is 0 Å². The first-order chi connectivity index (χ1) is 16.6. The van der Waals surface area contributed by atoms with Crippen LogP contribution in [0.4, 0.5) is 18.9 Å². The van der Waals surface area contributed by atoms with Gasteiger partial charge in [0.15, 0.2) is 5.78 Å². The van der Waals surface area contributed by atoms with E-state index in [4.69, 9.17) is 10.5 Å². The lowest BCUT2D eigenvalue weighted by Gasteiger charge is -2.18. The van der Waals surface area contributed by atoms with Crippen molar-refractivity contribution in [1.29, 1.82) is 0 Å². The van der Waals surface area contributed by atoms with Crippen LogP contribution in [0, 0.1) is 0 Å². The van der Waals surface area contributed by atoms with E-state index in [-0.39, 0.29) is 34.4 Å². The van der Waals surface area contributed by atoms with Gasteiger partial charge >= 0.3 is 12.1 Å². The highest BCUT2D eigenvalue weighted by Crippen LogP contribution is 2.39. The maximum Gasteiger partial charge on any atom is 0.416 e. The number of halogens is 3. The Hall–Kier alpha value is -4.40. The number of anilines is 1. The van der Waals surface area contributed by atoms with Crippen molar-refractivity contribution in [2.45, 2.75) is 13.1 Å². The van der Waals surface area contributed by atoms with Gasteiger partial charge < -0.3 is 10.5 Å². The first-order valence-electron chi connectivity index (χ1n) is 10.6. The number of nitrogens with zero attached hydrogens (tertiary/aromatic N) is 1. The van der Waals surface area contributed by atoms with Crippen molar-refractivity contribution in [3.05, 3.63) is 93.4 Å². The summed E-state index contributed by atoms with van der Waals surface area (Å²) in [5.41, 5.74) is 5.18. The monoisotopic (exact) mass is 478 g/mol. The molecular weight excluding hydrogens is 461 g/mol. The van der Waals surface area contributed by atoms with E-state index >= 15 is 0 Å². The molecule has 5 rings (SSSR count). The Morgan fingerprint density at radius 2 is 1.57 bits per heavy atom. The zero-order chi connectivity index (χ0) is 25.1. The molecule has 0 bridgehead atoms. The number of ether oxygens (including phenoxy) is 1. The number of rotatable bonds is 4. The molecule has 2 aromatic heterocycles. The molecule has 0 aliphatic rings. The van der Waals surface area contributed by atoms with Crippen LogP contribution in [0.1, 0.15) is 38.8 Å². The minimum absolute atomic E-state index is 0.0735. The van der Waals surface area contributed by atoms with E-state index < -0.39 is 29.1 Å². The molecule has 5 aromatic rings. The highest BCUT2D eigenvalue weighted by Gasteiger charge is 2.31. The third-order valence-electron chi connectivity index (χ3n) is 6.01. The molecule has 0 saturated carbocycles. The van der Waals surface area contributed by atoms with Gasteiger partial charge in [0.2, 0.25) is 0 Å². The summed E-state index contributed by atoms with van der Waals surface area (Å²) in [7, 11) is 0. The highest BCUT2D eigenvalue weighted by molar-refractivity contribution is 6.29. The van der Waals surface area contributed by atoms with E-state index in [1.54, 1.807) is 37.3 Å². The minimum atomic E-state index is -4.56. The summed E-state index contributed by atoms with van der Waals surface area (Å²) < 4.78 is 45.4. The summed E-state index contributed by atoms with van der Waals surface area (Å²) in [5, 5.41) is 1.55. The van der Waals surface area contributed by atoms with Gasteiger partial charge in [0.05, 0.1) is 34.5 Å². The predicted molar refractivity (Wildman–Crippen MR) is 125 cm³/mol. The lowest BCUT2D eigenvalue weighted by Crippen LogP contribution is -2.24. The van der Waals surface area contributed by atoms with Crippen molar-refractivity contribution in [3.8, 4) is 0 Å². The van der Waals surface area contributed by atoms with E-state index in [1.165, 1.54) is 10.6 Å². The summed E-state index contributed by atoms with van der Waals surface area (Å²) in [6.07, 6.45) is -3.08. The average molecular weight is 478 g/mol. The molecular formula is C26H17F3N2O4. The van der Waals surface area contributed by atoms with Crippen LogP contribution in [0.2, 0.25) is 0 Å². The molecule has 0 fully saturated rings. The standard InChI is InChI=1S/C26H17F3N2O4/c1-2-35-25(34)19-15-5-3-6-16-18(15)22-17(21(19)30)7-4-12-31(22)24(33)20(16)23(32)13-8-10-14(11-9-13)26(27,28)29/h3-12H,2,30H2,1H3. The number of nitrogens with two attached hydrogens (primary N) is 1. The maximum absolute atomic E-state index is 13.5. The van der Waals surface area contributed by atoms with Gasteiger partial charge in [-0.15, -0.1) is 0 Å². The molecule has 9 heteroatoms. The predicted octanol–water partition coefficient (Wildman–Crippen LogP) is 5.05. The second-order valence-electron chi connectivity index (χ2n) is 7.96. The van der Waals surface area contributed by atoms with Gasteiger partial charge in [0, 0.05) is 33.3 Å². The van der Waals surface area contributed by atoms with Crippen molar-refractivity contribution in [2.24, 2.45) is 0 Å². The van der Waals surface area contributed by atoms with Gasteiger partial charge in [0.25, 0.3) is 5.56 Å². The van der Waals surface area contributed by atoms with Crippen molar-refractivity contribution >= 4 is 44.5 Å². The normalized spacial score (nSPS) is 12.0. The summed E-state index contributed by atoms with van der Waals surface area (Å²) in [4.78, 5) is 39.8. The largest absolute Gasteiger partial charge is 0.462 e. The summed E-state index contributed by atoms with van der Waals surface area (Å²) in [5.74, 6) is -1.38. The van der Waals surface area contributed by atoms with Gasteiger partial charge in [-0.25, -0.2) is 4.79 Å². The molecule has 3 aromatic carbocycles. The van der Waals surface area contributed by atoms with E-state index in [1.807, 2.05) is 0 Å². The van der Waals surface area contributed by atoms with E-state index in [0.717, 1.165) is 24.3 Å². The number of pyridine rings is 2. The first kappa shape index (κ1) is 22.4. The van der Waals surface area contributed by atoms with Gasteiger partial charge in [-0.2, -0.15) is 13.2 Å². The van der Waals surface area contributed by atoms with Crippen LogP contribution in [0.15, 0.2) is 65.6 Å². The fourth-order valence-electron chi connectivity index (χ4n) is 4.49. The van der Waals surface area contributed by atoms with Crippen molar-refractivity contribution in [2.75, 3.05) is 12.3 Å². The second-order valence-corrected chi connectivity index (χ2v) is 7.96. The minimum Gasteiger partial charge on any atom is -0.462 e. The smallest absolute Gasteiger partial charge is 0.416 e. The first-order valence-corrected chi connectivity index (χ1v) is 10.6. The molecule has 0 spiro atoms. The zero-order valence-corrected chi connectivity index (χ0v) is 18.3. The van der Waals surface area contributed by atoms with Crippen LogP contribution in [-0.4, -0.2) is 22.8 Å². The van der Waals surface area contributed by atoms with Gasteiger partial charge in [-0.1, -0.05) is 30.3 Å². The Bertz CT molecular complexity index is 1700. The lowest BCUT2D eigenvalue weighted by atomic mass is 9.91. The quantitative estimate of drug-likeness (QED) is 0.169. The van der Waals surface area contributed by atoms with Crippen LogP contribution >= 0.6 is 0 Å². The summed E-state index contributed by atoms with van der Waals surface area (Å²) in [6, 6.07) is 11.7. The molecule has 0 saturated heterocycles. The zero-order valence-electron chi connectivity index (χ0n) is 18.3. The summed E-state index contributed by atoms with van der Waals surface area (Å²) in [6.45, 7) is 1.78.